The molecule has 0 spiro atoms. The van der Waals surface area contributed by atoms with Crippen LogP contribution >= 0.6 is 0 Å². The van der Waals surface area contributed by atoms with E-state index in [1.165, 1.54) is 11.6 Å². The van der Waals surface area contributed by atoms with Gasteiger partial charge < -0.3 is 11.1 Å². The van der Waals surface area contributed by atoms with Gasteiger partial charge in [-0.1, -0.05) is 19.1 Å². The third kappa shape index (κ3) is 2.43. The summed E-state index contributed by atoms with van der Waals surface area (Å²) in [5.41, 5.74) is 5.60. The summed E-state index contributed by atoms with van der Waals surface area (Å²) in [7, 11) is 1.48. The molecule has 0 unspecified atom stereocenters. The Hall–Kier alpha value is -1.98. The first-order chi connectivity index (χ1) is 9.06. The fourth-order valence-electron chi connectivity index (χ4n) is 2.30. The smallest absolute Gasteiger partial charge is 0.332 e. The van der Waals surface area contributed by atoms with E-state index in [-0.39, 0.29) is 23.1 Å². The fourth-order valence-corrected chi connectivity index (χ4v) is 2.30. The van der Waals surface area contributed by atoms with Gasteiger partial charge in [0.1, 0.15) is 11.5 Å². The summed E-state index contributed by atoms with van der Waals surface area (Å²) >= 11 is 0. The third-order valence-electron chi connectivity index (χ3n) is 3.39. The number of hydrogen-bond donors (Lipinski definition) is 2. The van der Waals surface area contributed by atoms with Crippen LogP contribution in [-0.4, -0.2) is 15.2 Å². The third-order valence-corrected chi connectivity index (χ3v) is 3.39. The Balaban J connectivity index is 2.47. The van der Waals surface area contributed by atoms with Gasteiger partial charge in [-0.25, -0.2) is 4.79 Å². The van der Waals surface area contributed by atoms with Crippen molar-refractivity contribution in [3.63, 3.8) is 0 Å². The maximum atomic E-state index is 12.1. The lowest BCUT2D eigenvalue weighted by Crippen LogP contribution is -2.41. The lowest BCUT2D eigenvalue weighted by atomic mass is 10.2. The van der Waals surface area contributed by atoms with Gasteiger partial charge >= 0.3 is 5.69 Å². The predicted molar refractivity (Wildman–Crippen MR) is 76.4 cm³/mol. The normalized spacial score (nSPS) is 15.1. The second-order valence-corrected chi connectivity index (χ2v) is 4.84. The maximum absolute atomic E-state index is 12.1. The standard InChI is InChI=1S/C13H20N4O2/c1-3-8-17-11(14)10(12(18)16(2)13(17)19)15-9-6-4-5-7-9/h4-5,9,15H,3,6-8,14H2,1-2H3. The van der Waals surface area contributed by atoms with Crippen molar-refractivity contribution in [3.05, 3.63) is 33.0 Å². The number of anilines is 2. The number of nitrogens with one attached hydrogen (secondary N) is 1. The second kappa shape index (κ2) is 5.34. The van der Waals surface area contributed by atoms with Crippen LogP contribution < -0.4 is 22.3 Å². The molecule has 1 aliphatic rings. The van der Waals surface area contributed by atoms with Crippen molar-refractivity contribution in [1.29, 1.82) is 0 Å². The monoisotopic (exact) mass is 264 g/mol. The van der Waals surface area contributed by atoms with E-state index in [0.29, 0.717) is 12.2 Å². The van der Waals surface area contributed by atoms with Gasteiger partial charge in [0.05, 0.1) is 0 Å². The van der Waals surface area contributed by atoms with Crippen molar-refractivity contribution in [3.8, 4) is 0 Å². The Labute approximate surface area is 111 Å². The first kappa shape index (κ1) is 13.5. The number of aromatic nitrogens is 2. The van der Waals surface area contributed by atoms with Crippen LogP contribution in [0.4, 0.5) is 11.5 Å². The molecule has 0 fully saturated rings. The molecule has 0 amide bonds. The Kier molecular flexibility index (Phi) is 3.78. The van der Waals surface area contributed by atoms with E-state index in [1.807, 2.05) is 6.92 Å². The molecular formula is C13H20N4O2. The number of hydrogen-bond acceptors (Lipinski definition) is 4. The van der Waals surface area contributed by atoms with Gasteiger partial charge in [0, 0.05) is 19.6 Å². The van der Waals surface area contributed by atoms with Crippen LogP contribution in [0, 0.1) is 0 Å². The lowest BCUT2D eigenvalue weighted by Gasteiger charge is -2.18. The van der Waals surface area contributed by atoms with E-state index in [1.54, 1.807) is 0 Å². The number of nitrogen functional groups attached to an aromatic ring is 1. The minimum Gasteiger partial charge on any atom is -0.383 e. The van der Waals surface area contributed by atoms with E-state index in [4.69, 9.17) is 5.73 Å². The zero-order valence-electron chi connectivity index (χ0n) is 11.3. The van der Waals surface area contributed by atoms with Crippen molar-refractivity contribution in [2.75, 3.05) is 11.1 Å². The van der Waals surface area contributed by atoms with E-state index in [9.17, 15) is 9.59 Å². The minimum atomic E-state index is -0.362. The molecule has 1 heterocycles. The molecule has 0 aliphatic heterocycles. The summed E-state index contributed by atoms with van der Waals surface area (Å²) in [6.45, 7) is 2.47. The van der Waals surface area contributed by atoms with Crippen LogP contribution in [0.15, 0.2) is 21.7 Å². The predicted octanol–water partition coefficient (Wildman–Crippen LogP) is 0.670. The number of nitrogens with zero attached hydrogens (tertiary/aromatic N) is 2. The molecule has 0 atom stereocenters. The van der Waals surface area contributed by atoms with Crippen molar-refractivity contribution in [2.45, 2.75) is 38.8 Å². The van der Waals surface area contributed by atoms with Gasteiger partial charge in [-0.15, -0.1) is 0 Å². The first-order valence-corrected chi connectivity index (χ1v) is 6.57. The highest BCUT2D eigenvalue weighted by Gasteiger charge is 2.18. The largest absolute Gasteiger partial charge is 0.383 e. The molecule has 6 heteroatoms. The van der Waals surface area contributed by atoms with Gasteiger partial charge in [-0.3, -0.25) is 13.9 Å². The van der Waals surface area contributed by atoms with Crippen molar-refractivity contribution in [1.82, 2.24) is 9.13 Å². The SMILES string of the molecule is CCCn1c(N)c(NC2CC=CC2)c(=O)n(C)c1=O. The van der Waals surface area contributed by atoms with Gasteiger partial charge in [0.25, 0.3) is 5.56 Å². The molecule has 1 aromatic heterocycles. The van der Waals surface area contributed by atoms with Crippen LogP contribution in [0.25, 0.3) is 0 Å². The zero-order valence-corrected chi connectivity index (χ0v) is 11.3. The maximum Gasteiger partial charge on any atom is 0.332 e. The summed E-state index contributed by atoms with van der Waals surface area (Å²) in [5, 5.41) is 3.16. The summed E-state index contributed by atoms with van der Waals surface area (Å²) in [6.07, 6.45) is 6.67. The quantitative estimate of drug-likeness (QED) is 0.783. The Morgan fingerprint density at radius 2 is 2.00 bits per heavy atom. The number of nitrogens with two attached hydrogens (primary N) is 1. The molecule has 19 heavy (non-hydrogen) atoms. The molecular weight excluding hydrogens is 244 g/mol. The van der Waals surface area contributed by atoms with E-state index in [2.05, 4.69) is 17.5 Å². The van der Waals surface area contributed by atoms with Crippen LogP contribution in [-0.2, 0) is 13.6 Å². The molecule has 0 aromatic carbocycles. The zero-order chi connectivity index (χ0) is 14.0. The van der Waals surface area contributed by atoms with Crippen molar-refractivity contribution < 1.29 is 0 Å². The molecule has 3 N–H and O–H groups in total. The average Bonchev–Trinajstić information content (AvgIpc) is 2.90. The molecule has 104 valence electrons. The molecule has 2 rings (SSSR count). The average molecular weight is 264 g/mol. The van der Waals surface area contributed by atoms with Crippen molar-refractivity contribution >= 4 is 11.5 Å². The fraction of sp³-hybridized carbons (Fsp3) is 0.538. The van der Waals surface area contributed by atoms with Gasteiger partial charge in [0.2, 0.25) is 0 Å². The van der Waals surface area contributed by atoms with Crippen LogP contribution in [0.5, 0.6) is 0 Å². The van der Waals surface area contributed by atoms with Crippen LogP contribution in [0.3, 0.4) is 0 Å². The molecule has 1 aromatic rings. The minimum absolute atomic E-state index is 0.183. The topological polar surface area (TPSA) is 82.0 Å². The molecule has 6 nitrogen and oxygen atoms in total. The van der Waals surface area contributed by atoms with E-state index >= 15 is 0 Å². The van der Waals surface area contributed by atoms with Gasteiger partial charge in [-0.05, 0) is 19.3 Å². The van der Waals surface area contributed by atoms with Crippen molar-refractivity contribution in [2.24, 2.45) is 7.05 Å². The molecule has 0 saturated heterocycles. The van der Waals surface area contributed by atoms with E-state index < -0.39 is 0 Å². The highest BCUT2D eigenvalue weighted by atomic mass is 16.2. The number of rotatable bonds is 4. The summed E-state index contributed by atoms with van der Waals surface area (Å²) < 4.78 is 2.56. The van der Waals surface area contributed by atoms with Crippen LogP contribution in [0.1, 0.15) is 26.2 Å². The summed E-state index contributed by atoms with van der Waals surface area (Å²) in [6, 6.07) is 0.183. The lowest BCUT2D eigenvalue weighted by molar-refractivity contribution is 0.598. The molecule has 0 bridgehead atoms. The Bertz CT molecular complexity index is 604. The molecule has 0 radical (unpaired) electrons. The Morgan fingerprint density at radius 3 is 2.58 bits per heavy atom. The highest BCUT2D eigenvalue weighted by molar-refractivity contribution is 5.61. The first-order valence-electron chi connectivity index (χ1n) is 6.57. The molecule has 1 aliphatic carbocycles. The van der Waals surface area contributed by atoms with Crippen LogP contribution in [0.2, 0.25) is 0 Å². The Morgan fingerprint density at radius 1 is 1.37 bits per heavy atom. The van der Waals surface area contributed by atoms with E-state index in [0.717, 1.165) is 23.8 Å². The summed E-state index contributed by atoms with van der Waals surface area (Å²) in [4.78, 5) is 24.1. The van der Waals surface area contributed by atoms with Gasteiger partial charge in [-0.2, -0.15) is 0 Å². The second-order valence-electron chi connectivity index (χ2n) is 4.84. The summed E-state index contributed by atoms with van der Waals surface area (Å²) in [5.74, 6) is 0.238. The van der Waals surface area contributed by atoms with Gasteiger partial charge in [0.15, 0.2) is 0 Å². The molecule has 0 saturated carbocycles. The highest BCUT2D eigenvalue weighted by Crippen LogP contribution is 2.18.